The minimum atomic E-state index is -4.82. The van der Waals surface area contributed by atoms with Gasteiger partial charge in [-0.1, -0.05) is 41.9 Å². The number of ether oxygens (including phenoxy) is 2. The van der Waals surface area contributed by atoms with Crippen LogP contribution in [0.25, 0.3) is 32.7 Å². The van der Waals surface area contributed by atoms with Crippen molar-refractivity contribution in [2.24, 2.45) is 0 Å². The first-order chi connectivity index (χ1) is 15.9. The highest BCUT2D eigenvalue weighted by atomic mass is 35.5. The Labute approximate surface area is 191 Å². The first kappa shape index (κ1) is 21.0. The molecule has 164 valence electrons. The molecule has 5 aromatic rings. The van der Waals surface area contributed by atoms with Crippen LogP contribution in [0.1, 0.15) is 0 Å². The fourth-order valence-electron chi connectivity index (χ4n) is 3.64. The molecule has 4 aromatic carbocycles. The molecule has 33 heavy (non-hydrogen) atoms. The zero-order valence-electron chi connectivity index (χ0n) is 16.8. The fraction of sp³-hybridized carbons (Fsp3) is 0.0400. The first-order valence-electron chi connectivity index (χ1n) is 9.83. The zero-order chi connectivity index (χ0) is 23.0. The molecule has 0 unspecified atom stereocenters. The summed E-state index contributed by atoms with van der Waals surface area (Å²) in [5.41, 5.74) is 0.856. The molecule has 8 heteroatoms. The molecule has 0 aliphatic carbocycles. The molecule has 0 aliphatic heterocycles. The SMILES string of the molecule is FC(F)(F)Oc1ccc(Oc2c(Cl)ccc3cc4ccccc4cc23)c(-c2ccnnc2)c1. The maximum Gasteiger partial charge on any atom is 0.573 e. The Balaban J connectivity index is 1.66. The van der Waals surface area contributed by atoms with Gasteiger partial charge in [-0.25, -0.2) is 0 Å². The van der Waals surface area contributed by atoms with Crippen molar-refractivity contribution < 1.29 is 22.6 Å². The third-order valence-corrected chi connectivity index (χ3v) is 5.38. The predicted molar refractivity (Wildman–Crippen MR) is 121 cm³/mol. The minimum Gasteiger partial charge on any atom is -0.454 e. The van der Waals surface area contributed by atoms with E-state index in [1.807, 2.05) is 42.5 Å². The van der Waals surface area contributed by atoms with Gasteiger partial charge in [0.25, 0.3) is 0 Å². The highest BCUT2D eigenvalue weighted by molar-refractivity contribution is 6.33. The van der Waals surface area contributed by atoms with E-state index in [4.69, 9.17) is 16.3 Å². The Morgan fingerprint density at radius 3 is 2.30 bits per heavy atom. The molecule has 0 N–H and O–H groups in total. The number of nitrogens with zero attached hydrogens (tertiary/aromatic N) is 2. The van der Waals surface area contributed by atoms with Crippen molar-refractivity contribution in [1.29, 1.82) is 0 Å². The van der Waals surface area contributed by atoms with Gasteiger partial charge in [0.15, 0.2) is 5.75 Å². The van der Waals surface area contributed by atoms with Crippen molar-refractivity contribution in [1.82, 2.24) is 10.2 Å². The van der Waals surface area contributed by atoms with Gasteiger partial charge in [0.05, 0.1) is 17.4 Å². The Morgan fingerprint density at radius 1 is 0.788 bits per heavy atom. The first-order valence-corrected chi connectivity index (χ1v) is 10.2. The number of aromatic nitrogens is 2. The summed E-state index contributed by atoms with van der Waals surface area (Å²) in [5, 5.41) is 11.7. The molecule has 4 nitrogen and oxygen atoms in total. The summed E-state index contributed by atoms with van der Waals surface area (Å²) in [5.74, 6) is 0.310. The standard InChI is InChI=1S/C25H14ClF3N2O2/c26-22-7-5-17-11-15-3-1-2-4-16(15)12-21(17)24(22)32-23-8-6-19(33-25(27,28)29)13-20(23)18-9-10-30-31-14-18/h1-14H. The zero-order valence-corrected chi connectivity index (χ0v) is 17.6. The van der Waals surface area contributed by atoms with Gasteiger partial charge in [-0.3, -0.25) is 0 Å². The van der Waals surface area contributed by atoms with E-state index in [0.717, 1.165) is 21.5 Å². The normalized spacial score (nSPS) is 11.6. The molecular weight excluding hydrogens is 453 g/mol. The largest absolute Gasteiger partial charge is 0.573 e. The van der Waals surface area contributed by atoms with Crippen molar-refractivity contribution >= 4 is 33.1 Å². The molecule has 0 bridgehead atoms. The Hall–Kier alpha value is -3.84. The molecule has 0 saturated carbocycles. The second-order valence-corrected chi connectivity index (χ2v) is 7.64. The Kier molecular flexibility index (Phi) is 5.26. The van der Waals surface area contributed by atoms with Gasteiger partial charge in [-0.15, -0.1) is 13.2 Å². The van der Waals surface area contributed by atoms with Crippen LogP contribution in [0.4, 0.5) is 13.2 Å². The summed E-state index contributed by atoms with van der Waals surface area (Å²) in [6, 6.07) is 21.0. The van der Waals surface area contributed by atoms with Gasteiger partial charge < -0.3 is 9.47 Å². The molecule has 0 fully saturated rings. The Bertz CT molecular complexity index is 1470. The lowest BCUT2D eigenvalue weighted by atomic mass is 10.0. The molecule has 0 amide bonds. The average Bonchev–Trinajstić information content (AvgIpc) is 2.80. The van der Waals surface area contributed by atoms with Gasteiger partial charge in [0, 0.05) is 16.5 Å². The van der Waals surface area contributed by atoms with Gasteiger partial charge in [-0.2, -0.15) is 10.2 Å². The molecule has 5 rings (SSSR count). The van der Waals surface area contributed by atoms with E-state index in [2.05, 4.69) is 14.9 Å². The van der Waals surface area contributed by atoms with Crippen molar-refractivity contribution in [2.45, 2.75) is 6.36 Å². The molecular formula is C25H14ClF3N2O2. The van der Waals surface area contributed by atoms with E-state index in [-0.39, 0.29) is 5.75 Å². The lowest BCUT2D eigenvalue weighted by molar-refractivity contribution is -0.274. The van der Waals surface area contributed by atoms with E-state index in [9.17, 15) is 13.2 Å². The van der Waals surface area contributed by atoms with Gasteiger partial charge >= 0.3 is 6.36 Å². The quantitative estimate of drug-likeness (QED) is 0.253. The average molecular weight is 467 g/mol. The Morgan fingerprint density at radius 2 is 1.58 bits per heavy atom. The third kappa shape index (κ3) is 4.40. The summed E-state index contributed by atoms with van der Waals surface area (Å²) >= 11 is 6.50. The topological polar surface area (TPSA) is 44.2 Å². The number of halogens is 4. The van der Waals surface area contributed by atoms with E-state index in [1.165, 1.54) is 30.6 Å². The summed E-state index contributed by atoms with van der Waals surface area (Å²) in [7, 11) is 0. The monoisotopic (exact) mass is 466 g/mol. The van der Waals surface area contributed by atoms with E-state index < -0.39 is 6.36 Å². The number of hydrogen-bond acceptors (Lipinski definition) is 4. The molecule has 0 atom stereocenters. The van der Waals surface area contributed by atoms with Crippen LogP contribution in [0, 0.1) is 0 Å². The van der Waals surface area contributed by atoms with Crippen LogP contribution >= 0.6 is 11.6 Å². The van der Waals surface area contributed by atoms with Crippen LogP contribution in [-0.2, 0) is 0 Å². The highest BCUT2D eigenvalue weighted by Gasteiger charge is 2.31. The highest BCUT2D eigenvalue weighted by Crippen LogP contribution is 2.42. The van der Waals surface area contributed by atoms with Gasteiger partial charge in [0.2, 0.25) is 0 Å². The predicted octanol–water partition coefficient (Wildman–Crippen LogP) is 7.79. The van der Waals surface area contributed by atoms with Gasteiger partial charge in [0.1, 0.15) is 11.5 Å². The second-order valence-electron chi connectivity index (χ2n) is 7.24. The number of hydrogen-bond donors (Lipinski definition) is 0. The summed E-state index contributed by atoms with van der Waals surface area (Å²) in [4.78, 5) is 0. The number of rotatable bonds is 4. The number of alkyl halides is 3. The maximum atomic E-state index is 12.8. The van der Waals surface area contributed by atoms with E-state index in [1.54, 1.807) is 12.1 Å². The van der Waals surface area contributed by atoms with Crippen molar-refractivity contribution in [2.75, 3.05) is 0 Å². The second kappa shape index (κ2) is 8.26. The molecule has 1 heterocycles. The number of benzene rings is 4. The van der Waals surface area contributed by atoms with Crippen LogP contribution in [0.5, 0.6) is 17.2 Å². The fourth-order valence-corrected chi connectivity index (χ4v) is 3.85. The molecule has 0 spiro atoms. The van der Waals surface area contributed by atoms with Crippen LogP contribution in [-0.4, -0.2) is 16.6 Å². The van der Waals surface area contributed by atoms with Crippen LogP contribution in [0.3, 0.4) is 0 Å². The maximum absolute atomic E-state index is 12.8. The summed E-state index contributed by atoms with van der Waals surface area (Å²) in [6.45, 7) is 0. The van der Waals surface area contributed by atoms with Crippen LogP contribution < -0.4 is 9.47 Å². The smallest absolute Gasteiger partial charge is 0.454 e. The lowest BCUT2D eigenvalue weighted by Gasteiger charge is -2.17. The lowest BCUT2D eigenvalue weighted by Crippen LogP contribution is -2.17. The van der Waals surface area contributed by atoms with E-state index >= 15 is 0 Å². The number of fused-ring (bicyclic) bond motifs is 2. The van der Waals surface area contributed by atoms with Crippen molar-refractivity contribution in [3.63, 3.8) is 0 Å². The van der Waals surface area contributed by atoms with Crippen LogP contribution in [0.15, 0.2) is 85.2 Å². The van der Waals surface area contributed by atoms with Gasteiger partial charge in [-0.05, 0) is 58.6 Å². The minimum absolute atomic E-state index is 0.292. The van der Waals surface area contributed by atoms with E-state index in [0.29, 0.717) is 27.6 Å². The molecule has 0 aliphatic rings. The molecule has 0 radical (unpaired) electrons. The van der Waals surface area contributed by atoms with Crippen LogP contribution in [0.2, 0.25) is 5.02 Å². The molecule has 0 saturated heterocycles. The van der Waals surface area contributed by atoms with Crippen molar-refractivity contribution in [3.05, 3.63) is 90.2 Å². The van der Waals surface area contributed by atoms with Crippen molar-refractivity contribution in [3.8, 4) is 28.4 Å². The summed E-state index contributed by atoms with van der Waals surface area (Å²) in [6.07, 6.45) is -1.96. The molecule has 1 aromatic heterocycles. The third-order valence-electron chi connectivity index (χ3n) is 5.08. The summed E-state index contributed by atoms with van der Waals surface area (Å²) < 4.78 is 48.7.